The van der Waals surface area contributed by atoms with Crippen LogP contribution in [0.5, 0.6) is 5.75 Å². The quantitative estimate of drug-likeness (QED) is 0.883. The molecule has 1 saturated heterocycles. The van der Waals surface area contributed by atoms with Gasteiger partial charge in [0.2, 0.25) is 5.91 Å². The Bertz CT molecular complexity index is 500. The Hall–Kier alpha value is -1.55. The van der Waals surface area contributed by atoms with Crippen LogP contribution in [0.3, 0.4) is 0 Å². The minimum Gasteiger partial charge on any atom is -0.496 e. The number of methoxy groups -OCH3 is 1. The lowest BCUT2D eigenvalue weighted by Crippen LogP contribution is -3.11. The first-order valence-corrected chi connectivity index (χ1v) is 8.16. The normalized spacial score (nSPS) is 22.2. The zero-order valence-corrected chi connectivity index (χ0v) is 14.2. The summed E-state index contributed by atoms with van der Waals surface area (Å²) in [7, 11) is 1.72. The molecule has 22 heavy (non-hydrogen) atoms. The first-order chi connectivity index (χ1) is 10.4. The van der Waals surface area contributed by atoms with Crippen LogP contribution in [0.1, 0.15) is 39.2 Å². The number of hydrogen-bond donors (Lipinski definition) is 2. The lowest BCUT2D eigenvalue weighted by Gasteiger charge is -2.31. The highest BCUT2D eigenvalue weighted by atomic mass is 16.5. The summed E-state index contributed by atoms with van der Waals surface area (Å²) in [4.78, 5) is 13.8. The van der Waals surface area contributed by atoms with Crippen LogP contribution in [0.2, 0.25) is 0 Å². The first-order valence-electron chi connectivity index (χ1n) is 8.16. The van der Waals surface area contributed by atoms with Crippen LogP contribution < -0.4 is 15.0 Å². The van der Waals surface area contributed by atoms with Gasteiger partial charge in [0.1, 0.15) is 12.3 Å². The monoisotopic (exact) mass is 305 g/mol. The van der Waals surface area contributed by atoms with E-state index in [1.54, 1.807) is 7.11 Å². The average Bonchev–Trinajstić information content (AvgIpc) is 2.47. The zero-order chi connectivity index (χ0) is 16.2. The molecule has 1 aromatic rings. The second kappa shape index (κ2) is 7.14. The Morgan fingerprint density at radius 2 is 1.91 bits per heavy atom. The highest BCUT2D eigenvalue weighted by Gasteiger charge is 2.29. The van der Waals surface area contributed by atoms with Crippen molar-refractivity contribution in [3.63, 3.8) is 0 Å². The van der Waals surface area contributed by atoms with Crippen molar-refractivity contribution in [1.82, 2.24) is 5.32 Å². The maximum atomic E-state index is 12.2. The van der Waals surface area contributed by atoms with Crippen LogP contribution in [-0.4, -0.2) is 31.6 Å². The summed E-state index contributed by atoms with van der Waals surface area (Å²) in [6, 6.07) is 8.20. The smallest absolute Gasteiger partial charge is 0.223 e. The van der Waals surface area contributed by atoms with Gasteiger partial charge >= 0.3 is 0 Å². The standard InChI is InChI=1S/C18H28N2O2/c1-18(2,3)19-17(21)14-9-11-20(12-10-14)13-15-7-5-6-8-16(15)22-4/h5-8,14H,9-13H2,1-4H3,(H,19,21)/p+1. The number of piperidine rings is 1. The average molecular weight is 305 g/mol. The summed E-state index contributed by atoms with van der Waals surface area (Å²) in [5.74, 6) is 1.34. The van der Waals surface area contributed by atoms with Crippen molar-refractivity contribution in [3.8, 4) is 5.75 Å². The molecule has 122 valence electrons. The molecule has 4 heteroatoms. The molecule has 1 fully saturated rings. The summed E-state index contributed by atoms with van der Waals surface area (Å²) in [5, 5.41) is 3.10. The Morgan fingerprint density at radius 3 is 2.50 bits per heavy atom. The predicted octanol–water partition coefficient (Wildman–Crippen LogP) is 1.40. The fourth-order valence-corrected chi connectivity index (χ4v) is 3.06. The molecule has 0 radical (unpaired) electrons. The molecule has 0 saturated carbocycles. The number of carbonyl (C=O) groups is 1. The lowest BCUT2D eigenvalue weighted by molar-refractivity contribution is -0.919. The fraction of sp³-hybridized carbons (Fsp3) is 0.611. The van der Waals surface area contributed by atoms with E-state index in [0.717, 1.165) is 38.2 Å². The van der Waals surface area contributed by atoms with Gasteiger partial charge in [-0.15, -0.1) is 0 Å². The van der Waals surface area contributed by atoms with Gasteiger partial charge in [0.25, 0.3) is 0 Å². The number of likely N-dealkylation sites (tertiary alicyclic amines) is 1. The largest absolute Gasteiger partial charge is 0.496 e. The summed E-state index contributed by atoms with van der Waals surface area (Å²) in [6.07, 6.45) is 1.93. The third kappa shape index (κ3) is 4.73. The second-order valence-electron chi connectivity index (χ2n) is 7.25. The second-order valence-corrected chi connectivity index (χ2v) is 7.25. The van der Waals surface area contributed by atoms with Gasteiger partial charge in [0, 0.05) is 29.9 Å². The molecule has 0 bridgehead atoms. The van der Waals surface area contributed by atoms with E-state index in [-0.39, 0.29) is 17.4 Å². The number of ether oxygens (including phenoxy) is 1. The van der Waals surface area contributed by atoms with Crippen molar-refractivity contribution in [2.75, 3.05) is 20.2 Å². The molecule has 0 atom stereocenters. The highest BCUT2D eigenvalue weighted by Crippen LogP contribution is 2.17. The zero-order valence-electron chi connectivity index (χ0n) is 14.2. The van der Waals surface area contributed by atoms with Crippen LogP contribution in [0.25, 0.3) is 0 Å². The maximum absolute atomic E-state index is 12.2. The van der Waals surface area contributed by atoms with Crippen molar-refractivity contribution in [2.45, 2.75) is 45.7 Å². The van der Waals surface area contributed by atoms with Crippen LogP contribution in [-0.2, 0) is 11.3 Å². The van der Waals surface area contributed by atoms with E-state index in [0.29, 0.717) is 0 Å². The lowest BCUT2D eigenvalue weighted by atomic mass is 9.94. The van der Waals surface area contributed by atoms with E-state index in [2.05, 4.69) is 17.4 Å². The number of hydrogen-bond acceptors (Lipinski definition) is 2. The van der Waals surface area contributed by atoms with Gasteiger partial charge in [0.15, 0.2) is 0 Å². The van der Waals surface area contributed by atoms with Crippen LogP contribution in [0.15, 0.2) is 24.3 Å². The van der Waals surface area contributed by atoms with Gasteiger partial charge in [0.05, 0.1) is 20.2 Å². The third-order valence-electron chi connectivity index (χ3n) is 4.19. The highest BCUT2D eigenvalue weighted by molar-refractivity contribution is 5.79. The molecule has 0 aliphatic carbocycles. The van der Waals surface area contributed by atoms with Crippen LogP contribution in [0, 0.1) is 5.92 Å². The first kappa shape index (κ1) is 16.8. The molecular weight excluding hydrogens is 276 g/mol. The van der Waals surface area contributed by atoms with E-state index >= 15 is 0 Å². The van der Waals surface area contributed by atoms with Gasteiger partial charge in [-0.05, 0) is 32.9 Å². The number of quaternary nitrogens is 1. The molecule has 2 N–H and O–H groups in total. The molecular formula is C18H29N2O2+. The summed E-state index contributed by atoms with van der Waals surface area (Å²) >= 11 is 0. The van der Waals surface area contributed by atoms with Gasteiger partial charge in [-0.1, -0.05) is 12.1 Å². The molecule has 4 nitrogen and oxygen atoms in total. The van der Waals surface area contributed by atoms with E-state index in [4.69, 9.17) is 4.74 Å². The minimum atomic E-state index is -0.140. The number of amides is 1. The number of rotatable bonds is 4. The fourth-order valence-electron chi connectivity index (χ4n) is 3.06. The molecule has 1 aliphatic rings. The Labute approximate surface area is 133 Å². The van der Waals surface area contributed by atoms with Crippen molar-refractivity contribution >= 4 is 5.91 Å². The minimum absolute atomic E-state index is 0.140. The third-order valence-corrected chi connectivity index (χ3v) is 4.19. The molecule has 0 unspecified atom stereocenters. The van der Waals surface area contributed by atoms with Crippen molar-refractivity contribution < 1.29 is 14.4 Å². The van der Waals surface area contributed by atoms with E-state index < -0.39 is 0 Å². The van der Waals surface area contributed by atoms with E-state index in [9.17, 15) is 4.79 Å². The topological polar surface area (TPSA) is 42.8 Å². The summed E-state index contributed by atoms with van der Waals surface area (Å²) < 4.78 is 5.42. The summed E-state index contributed by atoms with van der Waals surface area (Å²) in [5.41, 5.74) is 1.11. The Balaban J connectivity index is 1.86. The Morgan fingerprint density at radius 1 is 1.27 bits per heavy atom. The number of para-hydroxylation sites is 1. The van der Waals surface area contributed by atoms with E-state index in [1.165, 1.54) is 10.5 Å². The van der Waals surface area contributed by atoms with Gasteiger partial charge < -0.3 is 15.0 Å². The molecule has 0 aromatic heterocycles. The maximum Gasteiger partial charge on any atom is 0.223 e. The molecule has 1 amide bonds. The van der Waals surface area contributed by atoms with Gasteiger partial charge in [-0.3, -0.25) is 4.79 Å². The number of benzene rings is 1. The van der Waals surface area contributed by atoms with Crippen molar-refractivity contribution in [2.24, 2.45) is 5.92 Å². The Kier molecular flexibility index (Phi) is 5.46. The van der Waals surface area contributed by atoms with Crippen LogP contribution in [0.4, 0.5) is 0 Å². The summed E-state index contributed by atoms with van der Waals surface area (Å²) in [6.45, 7) is 9.16. The van der Waals surface area contributed by atoms with Crippen molar-refractivity contribution in [1.29, 1.82) is 0 Å². The van der Waals surface area contributed by atoms with E-state index in [1.807, 2.05) is 32.9 Å². The molecule has 1 aliphatic heterocycles. The SMILES string of the molecule is COc1ccccc1C[NH+]1CCC(C(=O)NC(C)(C)C)CC1. The molecule has 2 rings (SSSR count). The predicted molar refractivity (Wildman–Crippen MR) is 88.0 cm³/mol. The molecule has 0 spiro atoms. The number of carbonyl (C=O) groups excluding carboxylic acids is 1. The molecule has 1 heterocycles. The number of nitrogens with one attached hydrogen (secondary N) is 2. The van der Waals surface area contributed by atoms with Gasteiger partial charge in [-0.25, -0.2) is 0 Å². The van der Waals surface area contributed by atoms with Crippen molar-refractivity contribution in [3.05, 3.63) is 29.8 Å². The van der Waals surface area contributed by atoms with Gasteiger partial charge in [-0.2, -0.15) is 0 Å². The van der Waals surface area contributed by atoms with Crippen LogP contribution >= 0.6 is 0 Å². The molecule has 1 aromatic carbocycles.